The summed E-state index contributed by atoms with van der Waals surface area (Å²) in [7, 11) is 0. The SMILES string of the molecule is Cc1ccc(Cc2ccc(CCC(N)(CO)CO)cc2)cc1. The highest BCUT2D eigenvalue weighted by Gasteiger charge is 2.22. The maximum Gasteiger partial charge on any atom is 0.0633 e. The van der Waals surface area contributed by atoms with E-state index in [1.54, 1.807) is 0 Å². The number of nitrogens with two attached hydrogens (primary N) is 1. The molecule has 0 aliphatic rings. The second-order valence-electron chi connectivity index (χ2n) is 6.16. The highest BCUT2D eigenvalue weighted by atomic mass is 16.3. The van der Waals surface area contributed by atoms with Gasteiger partial charge in [-0.15, -0.1) is 0 Å². The zero-order valence-electron chi connectivity index (χ0n) is 13.1. The molecule has 0 amide bonds. The molecule has 0 saturated heterocycles. The first kappa shape index (κ1) is 16.7. The van der Waals surface area contributed by atoms with Crippen LogP contribution in [0.25, 0.3) is 0 Å². The first-order valence-corrected chi connectivity index (χ1v) is 7.69. The summed E-state index contributed by atoms with van der Waals surface area (Å²) >= 11 is 0. The minimum Gasteiger partial charge on any atom is -0.394 e. The molecule has 0 aliphatic carbocycles. The molecule has 2 aromatic carbocycles. The molecule has 22 heavy (non-hydrogen) atoms. The number of aliphatic hydroxyl groups is 2. The van der Waals surface area contributed by atoms with Gasteiger partial charge in [-0.3, -0.25) is 0 Å². The Bertz CT molecular complexity index is 571. The van der Waals surface area contributed by atoms with E-state index in [2.05, 4.69) is 55.5 Å². The van der Waals surface area contributed by atoms with Gasteiger partial charge in [-0.25, -0.2) is 0 Å². The first-order chi connectivity index (χ1) is 10.5. The van der Waals surface area contributed by atoms with Crippen LogP contribution < -0.4 is 5.73 Å². The second kappa shape index (κ2) is 7.54. The monoisotopic (exact) mass is 299 g/mol. The summed E-state index contributed by atoms with van der Waals surface area (Å²) in [6.07, 6.45) is 2.24. The number of aliphatic hydroxyl groups excluding tert-OH is 2. The van der Waals surface area contributed by atoms with Gasteiger partial charge in [0, 0.05) is 0 Å². The molecule has 118 valence electrons. The molecule has 2 rings (SSSR count). The Morgan fingerprint density at radius 1 is 0.818 bits per heavy atom. The molecule has 4 N–H and O–H groups in total. The van der Waals surface area contributed by atoms with Crippen LogP contribution in [-0.2, 0) is 12.8 Å². The van der Waals surface area contributed by atoms with E-state index < -0.39 is 5.54 Å². The third-order valence-electron chi connectivity index (χ3n) is 4.09. The van der Waals surface area contributed by atoms with Crippen molar-refractivity contribution in [3.8, 4) is 0 Å². The van der Waals surface area contributed by atoms with Crippen molar-refractivity contribution in [3.63, 3.8) is 0 Å². The fourth-order valence-corrected chi connectivity index (χ4v) is 2.37. The highest BCUT2D eigenvalue weighted by molar-refractivity contribution is 5.30. The van der Waals surface area contributed by atoms with Crippen LogP contribution in [0.2, 0.25) is 0 Å². The Balaban J connectivity index is 1.94. The van der Waals surface area contributed by atoms with Crippen LogP contribution in [0.3, 0.4) is 0 Å². The third-order valence-corrected chi connectivity index (χ3v) is 4.09. The first-order valence-electron chi connectivity index (χ1n) is 7.69. The molecule has 2 aromatic rings. The van der Waals surface area contributed by atoms with Crippen LogP contribution in [0.5, 0.6) is 0 Å². The molecule has 0 atom stereocenters. The van der Waals surface area contributed by atoms with Gasteiger partial charge < -0.3 is 15.9 Å². The molecule has 0 aliphatic heterocycles. The average Bonchev–Trinajstić information content (AvgIpc) is 2.56. The predicted molar refractivity (Wildman–Crippen MR) is 89.8 cm³/mol. The Morgan fingerprint density at radius 2 is 1.27 bits per heavy atom. The molecule has 0 spiro atoms. The molecule has 0 bridgehead atoms. The summed E-state index contributed by atoms with van der Waals surface area (Å²) in [6.45, 7) is 1.69. The molecular weight excluding hydrogens is 274 g/mol. The molecule has 0 unspecified atom stereocenters. The number of hydrogen-bond acceptors (Lipinski definition) is 3. The summed E-state index contributed by atoms with van der Waals surface area (Å²) in [5, 5.41) is 18.4. The molecule has 0 heterocycles. The van der Waals surface area contributed by atoms with Gasteiger partial charge in [-0.05, 0) is 42.9 Å². The minimum absolute atomic E-state index is 0.199. The van der Waals surface area contributed by atoms with E-state index in [-0.39, 0.29) is 13.2 Å². The lowest BCUT2D eigenvalue weighted by atomic mass is 9.93. The van der Waals surface area contributed by atoms with Crippen LogP contribution in [0.15, 0.2) is 48.5 Å². The van der Waals surface area contributed by atoms with Crippen LogP contribution >= 0.6 is 0 Å². The fourth-order valence-electron chi connectivity index (χ4n) is 2.37. The van der Waals surface area contributed by atoms with E-state index in [1.165, 1.54) is 22.3 Å². The topological polar surface area (TPSA) is 66.5 Å². The zero-order chi connectivity index (χ0) is 16.0. The molecule has 0 fully saturated rings. The average molecular weight is 299 g/mol. The molecule has 3 heteroatoms. The summed E-state index contributed by atoms with van der Waals surface area (Å²) in [5.41, 5.74) is 10.0. The van der Waals surface area contributed by atoms with Gasteiger partial charge in [0.2, 0.25) is 0 Å². The van der Waals surface area contributed by atoms with E-state index >= 15 is 0 Å². The van der Waals surface area contributed by atoms with Crippen LogP contribution in [0.1, 0.15) is 28.7 Å². The van der Waals surface area contributed by atoms with Crippen molar-refractivity contribution in [3.05, 3.63) is 70.8 Å². The van der Waals surface area contributed by atoms with Gasteiger partial charge in [-0.2, -0.15) is 0 Å². The van der Waals surface area contributed by atoms with E-state index in [0.717, 1.165) is 12.8 Å². The van der Waals surface area contributed by atoms with Gasteiger partial charge in [0.25, 0.3) is 0 Å². The number of aryl methyl sites for hydroxylation is 2. The zero-order valence-corrected chi connectivity index (χ0v) is 13.1. The minimum atomic E-state index is -0.888. The largest absolute Gasteiger partial charge is 0.394 e. The van der Waals surface area contributed by atoms with Gasteiger partial charge in [0.15, 0.2) is 0 Å². The summed E-state index contributed by atoms with van der Waals surface area (Å²) in [5.74, 6) is 0. The Kier molecular flexibility index (Phi) is 5.72. The lowest BCUT2D eigenvalue weighted by Gasteiger charge is -2.24. The van der Waals surface area contributed by atoms with Crippen molar-refractivity contribution < 1.29 is 10.2 Å². The fraction of sp³-hybridized carbons (Fsp3) is 0.368. The van der Waals surface area contributed by atoms with Crippen molar-refractivity contribution in [2.24, 2.45) is 5.73 Å². The van der Waals surface area contributed by atoms with Crippen molar-refractivity contribution in [1.29, 1.82) is 0 Å². The molecule has 3 nitrogen and oxygen atoms in total. The predicted octanol–water partition coefficient (Wildman–Crippen LogP) is 2.20. The third kappa shape index (κ3) is 4.67. The van der Waals surface area contributed by atoms with Crippen molar-refractivity contribution in [2.75, 3.05) is 13.2 Å². The number of rotatable bonds is 7. The highest BCUT2D eigenvalue weighted by Crippen LogP contribution is 2.15. The van der Waals surface area contributed by atoms with Crippen LogP contribution in [0.4, 0.5) is 0 Å². The van der Waals surface area contributed by atoms with Gasteiger partial charge in [-0.1, -0.05) is 54.1 Å². The lowest BCUT2D eigenvalue weighted by Crippen LogP contribution is -2.47. The van der Waals surface area contributed by atoms with E-state index in [0.29, 0.717) is 6.42 Å². The van der Waals surface area contributed by atoms with E-state index in [9.17, 15) is 10.2 Å². The number of hydrogen-bond donors (Lipinski definition) is 3. The smallest absolute Gasteiger partial charge is 0.0633 e. The Labute approximate surface area is 132 Å². The van der Waals surface area contributed by atoms with Gasteiger partial charge in [0.1, 0.15) is 0 Å². The normalized spacial score (nSPS) is 11.6. The van der Waals surface area contributed by atoms with Crippen molar-refractivity contribution >= 4 is 0 Å². The Morgan fingerprint density at radius 3 is 1.77 bits per heavy atom. The summed E-state index contributed by atoms with van der Waals surface area (Å²) < 4.78 is 0. The van der Waals surface area contributed by atoms with Crippen molar-refractivity contribution in [2.45, 2.75) is 31.7 Å². The maximum atomic E-state index is 9.21. The number of benzene rings is 2. The summed E-state index contributed by atoms with van der Waals surface area (Å²) in [6, 6.07) is 17.0. The van der Waals surface area contributed by atoms with E-state index in [1.807, 2.05) is 0 Å². The van der Waals surface area contributed by atoms with Crippen molar-refractivity contribution in [1.82, 2.24) is 0 Å². The quantitative estimate of drug-likeness (QED) is 0.734. The van der Waals surface area contributed by atoms with Crippen LogP contribution in [-0.4, -0.2) is 29.0 Å². The molecular formula is C19H25NO2. The van der Waals surface area contributed by atoms with Crippen LogP contribution in [0, 0.1) is 6.92 Å². The second-order valence-corrected chi connectivity index (χ2v) is 6.16. The lowest BCUT2D eigenvalue weighted by molar-refractivity contribution is 0.115. The maximum absolute atomic E-state index is 9.21. The Hall–Kier alpha value is -1.68. The molecule has 0 aromatic heterocycles. The van der Waals surface area contributed by atoms with E-state index in [4.69, 9.17) is 5.73 Å². The standard InChI is InChI=1S/C19H25NO2/c1-15-2-4-17(5-3-15)12-18-8-6-16(7-9-18)10-11-19(20,13-21)14-22/h2-9,21-22H,10-14,20H2,1H3. The van der Waals surface area contributed by atoms with Gasteiger partial charge >= 0.3 is 0 Å². The summed E-state index contributed by atoms with van der Waals surface area (Å²) in [4.78, 5) is 0. The molecule has 0 saturated carbocycles. The molecule has 0 radical (unpaired) electrons. The van der Waals surface area contributed by atoms with Gasteiger partial charge in [0.05, 0.1) is 18.8 Å².